The molecule has 1 amide bonds. The number of halogens is 1. The van der Waals surface area contributed by atoms with Crippen LogP contribution in [0.1, 0.15) is 34.6 Å². The van der Waals surface area contributed by atoms with Gasteiger partial charge in [-0.2, -0.15) is 0 Å². The van der Waals surface area contributed by atoms with Crippen molar-refractivity contribution in [1.29, 1.82) is 0 Å². The molecule has 0 fully saturated rings. The SMILES string of the molecule is CC(C)N(C)c1ccc(NCCNC(=O)OC(C)(C)C)cc1F. The lowest BCUT2D eigenvalue weighted by atomic mass is 10.2. The van der Waals surface area contributed by atoms with E-state index < -0.39 is 11.7 Å². The Morgan fingerprint density at radius 2 is 1.96 bits per heavy atom. The Balaban J connectivity index is 2.45. The summed E-state index contributed by atoms with van der Waals surface area (Å²) in [5.74, 6) is -0.272. The molecule has 23 heavy (non-hydrogen) atoms. The first-order valence-electron chi connectivity index (χ1n) is 7.83. The van der Waals surface area contributed by atoms with Gasteiger partial charge in [0.1, 0.15) is 11.4 Å². The number of nitrogens with zero attached hydrogens (tertiary/aromatic N) is 1. The summed E-state index contributed by atoms with van der Waals surface area (Å²) in [5.41, 5.74) is 0.727. The van der Waals surface area contributed by atoms with Crippen LogP contribution in [0.5, 0.6) is 0 Å². The van der Waals surface area contributed by atoms with Gasteiger partial charge < -0.3 is 20.3 Å². The van der Waals surface area contributed by atoms with Gasteiger partial charge in [-0.25, -0.2) is 9.18 Å². The second-order valence-corrected chi connectivity index (χ2v) is 6.73. The Bertz CT molecular complexity index is 527. The van der Waals surface area contributed by atoms with E-state index in [1.165, 1.54) is 6.07 Å². The number of rotatable bonds is 6. The van der Waals surface area contributed by atoms with Gasteiger partial charge in [-0.3, -0.25) is 0 Å². The zero-order valence-electron chi connectivity index (χ0n) is 14.9. The number of amides is 1. The molecule has 0 spiro atoms. The molecule has 2 N–H and O–H groups in total. The number of carbonyl (C=O) groups excluding carboxylic acids is 1. The van der Waals surface area contributed by atoms with Crippen molar-refractivity contribution in [2.45, 2.75) is 46.3 Å². The van der Waals surface area contributed by atoms with E-state index in [-0.39, 0.29) is 11.9 Å². The van der Waals surface area contributed by atoms with Gasteiger partial charge in [0.15, 0.2) is 0 Å². The standard InChI is InChI=1S/C17H28FN3O2/c1-12(2)21(6)15-8-7-13(11-14(15)18)19-9-10-20-16(22)23-17(3,4)5/h7-8,11-12,19H,9-10H2,1-6H3,(H,20,22). The molecule has 0 saturated heterocycles. The monoisotopic (exact) mass is 325 g/mol. The molecule has 0 aliphatic carbocycles. The van der Waals surface area contributed by atoms with Crippen molar-refractivity contribution in [3.8, 4) is 0 Å². The highest BCUT2D eigenvalue weighted by atomic mass is 19.1. The van der Waals surface area contributed by atoms with Gasteiger partial charge >= 0.3 is 6.09 Å². The maximum atomic E-state index is 14.1. The Morgan fingerprint density at radius 1 is 1.30 bits per heavy atom. The van der Waals surface area contributed by atoms with Crippen LogP contribution in [0.4, 0.5) is 20.6 Å². The molecular formula is C17H28FN3O2. The molecular weight excluding hydrogens is 297 g/mol. The Hall–Kier alpha value is -1.98. The largest absolute Gasteiger partial charge is 0.444 e. The second-order valence-electron chi connectivity index (χ2n) is 6.73. The van der Waals surface area contributed by atoms with Gasteiger partial charge in [-0.15, -0.1) is 0 Å². The van der Waals surface area contributed by atoms with E-state index in [1.54, 1.807) is 6.07 Å². The molecule has 5 nitrogen and oxygen atoms in total. The van der Waals surface area contributed by atoms with Crippen molar-refractivity contribution in [3.63, 3.8) is 0 Å². The lowest BCUT2D eigenvalue weighted by Gasteiger charge is -2.24. The third-order valence-electron chi connectivity index (χ3n) is 3.22. The van der Waals surface area contributed by atoms with Crippen molar-refractivity contribution >= 4 is 17.5 Å². The molecule has 0 saturated carbocycles. The molecule has 0 heterocycles. The van der Waals surface area contributed by atoms with Crippen LogP contribution in [0, 0.1) is 5.82 Å². The summed E-state index contributed by atoms with van der Waals surface area (Å²) >= 11 is 0. The smallest absolute Gasteiger partial charge is 0.407 e. The van der Waals surface area contributed by atoms with Crippen LogP contribution in [-0.2, 0) is 4.74 Å². The average Bonchev–Trinajstić information content (AvgIpc) is 2.41. The Labute approximate surface area is 138 Å². The number of alkyl carbamates (subject to hydrolysis) is 1. The quantitative estimate of drug-likeness (QED) is 0.785. The fraction of sp³-hybridized carbons (Fsp3) is 0.588. The van der Waals surface area contributed by atoms with Crippen molar-refractivity contribution < 1.29 is 13.9 Å². The fourth-order valence-electron chi connectivity index (χ4n) is 1.87. The van der Waals surface area contributed by atoms with Gasteiger partial charge in [0, 0.05) is 31.9 Å². The molecule has 0 bridgehead atoms. The highest BCUT2D eigenvalue weighted by Crippen LogP contribution is 2.23. The van der Waals surface area contributed by atoms with Gasteiger partial charge in [0.2, 0.25) is 0 Å². The van der Waals surface area contributed by atoms with Crippen LogP contribution in [-0.4, -0.2) is 37.9 Å². The highest BCUT2D eigenvalue weighted by Gasteiger charge is 2.15. The minimum Gasteiger partial charge on any atom is -0.444 e. The van der Waals surface area contributed by atoms with Crippen molar-refractivity contribution in [2.24, 2.45) is 0 Å². The first-order valence-corrected chi connectivity index (χ1v) is 7.83. The summed E-state index contributed by atoms with van der Waals surface area (Å²) < 4.78 is 19.2. The molecule has 1 rings (SSSR count). The first kappa shape index (κ1) is 19.1. The lowest BCUT2D eigenvalue weighted by molar-refractivity contribution is 0.0530. The predicted molar refractivity (Wildman–Crippen MR) is 92.7 cm³/mol. The van der Waals surface area contributed by atoms with Crippen molar-refractivity contribution in [1.82, 2.24) is 5.32 Å². The topological polar surface area (TPSA) is 53.6 Å². The van der Waals surface area contributed by atoms with Crippen LogP contribution in [0.25, 0.3) is 0 Å². The molecule has 6 heteroatoms. The maximum absolute atomic E-state index is 14.1. The summed E-state index contributed by atoms with van der Waals surface area (Å²) in [6, 6.07) is 5.26. The fourth-order valence-corrected chi connectivity index (χ4v) is 1.87. The van der Waals surface area contributed by atoms with E-state index >= 15 is 0 Å². The minimum absolute atomic E-state index is 0.223. The molecule has 1 aromatic rings. The molecule has 0 aliphatic rings. The number of nitrogens with one attached hydrogen (secondary N) is 2. The second kappa shape index (κ2) is 8.04. The van der Waals surface area contributed by atoms with Gasteiger partial charge in [0.05, 0.1) is 5.69 Å². The minimum atomic E-state index is -0.515. The molecule has 0 aromatic heterocycles. The van der Waals surface area contributed by atoms with E-state index in [4.69, 9.17) is 4.74 Å². The van der Waals surface area contributed by atoms with Crippen LogP contribution in [0.3, 0.4) is 0 Å². The molecule has 0 radical (unpaired) electrons. The maximum Gasteiger partial charge on any atom is 0.407 e. The number of ether oxygens (including phenoxy) is 1. The average molecular weight is 325 g/mol. The number of carbonyl (C=O) groups is 1. The van der Waals surface area contributed by atoms with E-state index in [9.17, 15) is 9.18 Å². The first-order chi connectivity index (χ1) is 10.6. The molecule has 1 aromatic carbocycles. The van der Waals surface area contributed by atoms with E-state index in [0.29, 0.717) is 24.5 Å². The summed E-state index contributed by atoms with van der Waals surface area (Å²) in [6.07, 6.45) is -0.459. The van der Waals surface area contributed by atoms with E-state index in [2.05, 4.69) is 10.6 Å². The zero-order chi connectivity index (χ0) is 17.6. The van der Waals surface area contributed by atoms with Crippen LogP contribution in [0.2, 0.25) is 0 Å². The third-order valence-corrected chi connectivity index (χ3v) is 3.22. The van der Waals surface area contributed by atoms with Gasteiger partial charge in [-0.1, -0.05) is 0 Å². The molecule has 0 atom stereocenters. The molecule has 0 unspecified atom stereocenters. The molecule has 0 aliphatic heterocycles. The summed E-state index contributed by atoms with van der Waals surface area (Å²) in [4.78, 5) is 13.4. The van der Waals surface area contributed by atoms with Gasteiger partial charge in [0.25, 0.3) is 0 Å². The molecule has 130 valence electrons. The predicted octanol–water partition coefficient (Wildman–Crippen LogP) is 3.61. The van der Waals surface area contributed by atoms with Crippen molar-refractivity contribution in [3.05, 3.63) is 24.0 Å². The van der Waals surface area contributed by atoms with Crippen LogP contribution >= 0.6 is 0 Å². The third kappa shape index (κ3) is 6.76. The lowest BCUT2D eigenvalue weighted by Crippen LogP contribution is -2.35. The number of anilines is 2. The van der Waals surface area contributed by atoms with Crippen molar-refractivity contribution in [2.75, 3.05) is 30.4 Å². The van der Waals surface area contributed by atoms with Gasteiger partial charge in [-0.05, 0) is 52.8 Å². The number of benzene rings is 1. The summed E-state index contributed by atoms with van der Waals surface area (Å²) in [6.45, 7) is 10.3. The Morgan fingerprint density at radius 3 is 2.48 bits per heavy atom. The normalized spacial score (nSPS) is 11.3. The van der Waals surface area contributed by atoms with Crippen LogP contribution < -0.4 is 15.5 Å². The zero-order valence-corrected chi connectivity index (χ0v) is 14.9. The number of hydrogen-bond acceptors (Lipinski definition) is 4. The van der Waals surface area contributed by atoms with Crippen LogP contribution in [0.15, 0.2) is 18.2 Å². The summed E-state index contributed by atoms with van der Waals surface area (Å²) in [5, 5.41) is 5.71. The van der Waals surface area contributed by atoms with E-state index in [1.807, 2.05) is 52.6 Å². The highest BCUT2D eigenvalue weighted by molar-refractivity contribution is 5.67. The summed E-state index contributed by atoms with van der Waals surface area (Å²) in [7, 11) is 1.86. The van der Waals surface area contributed by atoms with E-state index in [0.717, 1.165) is 0 Å². The Kier molecular flexibility index (Phi) is 6.66. The number of hydrogen-bond donors (Lipinski definition) is 2.